The predicted octanol–water partition coefficient (Wildman–Crippen LogP) is 2.09. The number of amides is 4. The molecule has 0 aromatic rings. The third kappa shape index (κ3) is 15.9. The van der Waals surface area contributed by atoms with E-state index in [0.29, 0.717) is 69.5 Å². The number of nitrogens with one attached hydrogen (secondary N) is 2. The van der Waals surface area contributed by atoms with Gasteiger partial charge in [-0.1, -0.05) is 12.8 Å². The van der Waals surface area contributed by atoms with E-state index >= 15 is 0 Å². The van der Waals surface area contributed by atoms with E-state index in [1.807, 2.05) is 0 Å². The summed E-state index contributed by atoms with van der Waals surface area (Å²) >= 11 is 0. The van der Waals surface area contributed by atoms with Crippen LogP contribution in [0.25, 0.3) is 0 Å². The summed E-state index contributed by atoms with van der Waals surface area (Å²) in [5.74, 6) is -1.55. The van der Waals surface area contributed by atoms with Gasteiger partial charge < -0.3 is 10.6 Å². The van der Waals surface area contributed by atoms with Crippen LogP contribution in [0.5, 0.6) is 0 Å². The lowest BCUT2D eigenvalue weighted by Gasteiger charge is -2.15. The lowest BCUT2D eigenvalue weighted by Crippen LogP contribution is -2.31. The number of rotatable bonds is 0. The Kier molecular flexibility index (Phi) is 16.3. The summed E-state index contributed by atoms with van der Waals surface area (Å²) in [7, 11) is 0. The SMILES string of the molecule is O=C1CCCCCCC(=O)N(O)CCCCCNC(=O)CCC(=O)N(O)CCCCCNC(=O)C1. The summed E-state index contributed by atoms with van der Waals surface area (Å²) < 4.78 is 0. The molecular weight excluding hydrogens is 456 g/mol. The smallest absolute Gasteiger partial charge is 0.246 e. The van der Waals surface area contributed by atoms with Crippen LogP contribution in [-0.2, 0) is 24.0 Å². The van der Waals surface area contributed by atoms with E-state index in [2.05, 4.69) is 10.6 Å². The molecule has 0 saturated carbocycles. The summed E-state index contributed by atoms with van der Waals surface area (Å²) in [5, 5.41) is 26.5. The van der Waals surface area contributed by atoms with Crippen molar-refractivity contribution in [1.82, 2.24) is 20.8 Å². The Bertz CT molecular complexity index is 687. The van der Waals surface area contributed by atoms with Gasteiger partial charge in [-0.15, -0.1) is 0 Å². The maximum absolute atomic E-state index is 12.0. The van der Waals surface area contributed by atoms with Gasteiger partial charge in [0.1, 0.15) is 5.78 Å². The summed E-state index contributed by atoms with van der Waals surface area (Å²) in [6.45, 7) is 1.23. The molecule has 1 saturated heterocycles. The molecular formula is C24H42N4O7. The number of hydroxylamine groups is 4. The third-order valence-electron chi connectivity index (χ3n) is 5.83. The Labute approximate surface area is 207 Å². The minimum Gasteiger partial charge on any atom is -0.356 e. The maximum atomic E-state index is 12.0. The zero-order valence-electron chi connectivity index (χ0n) is 20.8. The summed E-state index contributed by atoms with van der Waals surface area (Å²) in [5.41, 5.74) is 0. The molecule has 0 bridgehead atoms. The molecule has 11 heteroatoms. The largest absolute Gasteiger partial charge is 0.356 e. The summed E-state index contributed by atoms with van der Waals surface area (Å²) in [6, 6.07) is 0. The van der Waals surface area contributed by atoms with Crippen LogP contribution in [0.4, 0.5) is 0 Å². The average molecular weight is 499 g/mol. The standard InChI is InChI=1S/C24H42N4O7/c29-20-11-5-1-2-6-12-23(32)27(34)17-9-3-7-15-25-21(30)13-14-24(33)28(35)18-10-4-8-16-26-22(31)19-20/h34-35H,1-19H2,(H,25,30)(H,26,31). The monoisotopic (exact) mass is 498 g/mol. The molecule has 0 spiro atoms. The van der Waals surface area contributed by atoms with Crippen molar-refractivity contribution in [3.63, 3.8) is 0 Å². The van der Waals surface area contributed by atoms with E-state index in [0.717, 1.165) is 24.3 Å². The molecule has 4 amide bonds. The Morgan fingerprint density at radius 1 is 0.514 bits per heavy atom. The van der Waals surface area contributed by atoms with E-state index in [9.17, 15) is 34.4 Å². The molecule has 0 aromatic carbocycles. The van der Waals surface area contributed by atoms with Crippen LogP contribution in [0.2, 0.25) is 0 Å². The van der Waals surface area contributed by atoms with Gasteiger partial charge in [-0.25, -0.2) is 10.1 Å². The van der Waals surface area contributed by atoms with Crippen LogP contribution >= 0.6 is 0 Å². The Balaban J connectivity index is 2.44. The molecule has 35 heavy (non-hydrogen) atoms. The molecule has 1 rings (SSSR count). The molecule has 200 valence electrons. The van der Waals surface area contributed by atoms with Gasteiger partial charge in [0.05, 0.1) is 6.42 Å². The first kappa shape index (κ1) is 30.5. The highest BCUT2D eigenvalue weighted by Crippen LogP contribution is 2.09. The second-order valence-corrected chi connectivity index (χ2v) is 8.98. The van der Waals surface area contributed by atoms with Crippen molar-refractivity contribution in [3.05, 3.63) is 0 Å². The van der Waals surface area contributed by atoms with E-state index in [4.69, 9.17) is 0 Å². The van der Waals surface area contributed by atoms with Crippen LogP contribution in [0.3, 0.4) is 0 Å². The molecule has 4 N–H and O–H groups in total. The van der Waals surface area contributed by atoms with Crippen molar-refractivity contribution in [2.45, 2.75) is 96.3 Å². The maximum Gasteiger partial charge on any atom is 0.246 e. The Hall–Kier alpha value is -2.53. The van der Waals surface area contributed by atoms with Crippen molar-refractivity contribution in [2.75, 3.05) is 26.2 Å². The van der Waals surface area contributed by atoms with E-state index < -0.39 is 5.91 Å². The number of nitrogens with zero attached hydrogens (tertiary/aromatic N) is 2. The topological polar surface area (TPSA) is 156 Å². The number of hydrogen-bond donors (Lipinski definition) is 4. The van der Waals surface area contributed by atoms with Crippen molar-refractivity contribution in [1.29, 1.82) is 0 Å². The molecule has 0 radical (unpaired) electrons. The summed E-state index contributed by atoms with van der Waals surface area (Å²) in [4.78, 5) is 59.6. The molecule has 0 aliphatic carbocycles. The lowest BCUT2D eigenvalue weighted by molar-refractivity contribution is -0.166. The van der Waals surface area contributed by atoms with Gasteiger partial charge in [0.2, 0.25) is 23.6 Å². The Morgan fingerprint density at radius 3 is 1.60 bits per heavy atom. The van der Waals surface area contributed by atoms with Crippen LogP contribution in [0.1, 0.15) is 96.3 Å². The summed E-state index contributed by atoms with van der Waals surface area (Å²) in [6.07, 6.45) is 7.09. The fourth-order valence-corrected chi connectivity index (χ4v) is 3.68. The molecule has 1 fully saturated rings. The van der Waals surface area contributed by atoms with Crippen molar-refractivity contribution >= 4 is 29.4 Å². The molecule has 11 nitrogen and oxygen atoms in total. The normalized spacial score (nSPS) is 21.6. The molecule has 1 aliphatic rings. The number of hydrogen-bond acceptors (Lipinski definition) is 7. The first-order valence-corrected chi connectivity index (χ1v) is 12.8. The third-order valence-corrected chi connectivity index (χ3v) is 5.83. The van der Waals surface area contributed by atoms with E-state index in [1.165, 1.54) is 0 Å². The van der Waals surface area contributed by atoms with Crippen molar-refractivity contribution in [2.24, 2.45) is 0 Å². The zero-order chi connectivity index (χ0) is 25.9. The van der Waals surface area contributed by atoms with Crippen molar-refractivity contribution < 1.29 is 34.4 Å². The molecule has 0 atom stereocenters. The highest BCUT2D eigenvalue weighted by molar-refractivity contribution is 5.97. The second kappa shape index (κ2) is 18.8. The lowest BCUT2D eigenvalue weighted by atomic mass is 10.1. The second-order valence-electron chi connectivity index (χ2n) is 8.98. The molecule has 1 heterocycles. The van der Waals surface area contributed by atoms with Gasteiger partial charge in [0.15, 0.2) is 0 Å². The van der Waals surface area contributed by atoms with Gasteiger partial charge in [-0.2, -0.15) is 0 Å². The fraction of sp³-hybridized carbons (Fsp3) is 0.792. The first-order chi connectivity index (χ1) is 16.8. The number of carbonyl (C=O) groups excluding carboxylic acids is 5. The number of Topliss-reactive ketones (excluding diaryl/α,β-unsaturated/α-hetero) is 1. The Morgan fingerprint density at radius 2 is 1.00 bits per heavy atom. The average Bonchev–Trinajstić information content (AvgIpc) is 2.82. The van der Waals surface area contributed by atoms with E-state index in [1.54, 1.807) is 0 Å². The number of ketones is 1. The predicted molar refractivity (Wildman–Crippen MR) is 127 cm³/mol. The first-order valence-electron chi connectivity index (χ1n) is 12.8. The minimum atomic E-state index is -0.521. The van der Waals surface area contributed by atoms with Gasteiger partial charge in [0.25, 0.3) is 0 Å². The van der Waals surface area contributed by atoms with Gasteiger partial charge in [0, 0.05) is 51.9 Å². The molecule has 0 unspecified atom stereocenters. The van der Waals surface area contributed by atoms with Crippen LogP contribution in [-0.4, -0.2) is 76.1 Å². The zero-order valence-corrected chi connectivity index (χ0v) is 20.8. The highest BCUT2D eigenvalue weighted by Gasteiger charge is 2.14. The van der Waals surface area contributed by atoms with Crippen LogP contribution in [0, 0.1) is 0 Å². The minimum absolute atomic E-state index is 0.0143. The molecule has 1 aliphatic heterocycles. The van der Waals surface area contributed by atoms with Crippen LogP contribution in [0.15, 0.2) is 0 Å². The van der Waals surface area contributed by atoms with Gasteiger partial charge >= 0.3 is 0 Å². The highest BCUT2D eigenvalue weighted by atomic mass is 16.5. The van der Waals surface area contributed by atoms with Gasteiger partial charge in [-0.3, -0.25) is 34.4 Å². The quantitative estimate of drug-likeness (QED) is 0.294. The fourth-order valence-electron chi connectivity index (χ4n) is 3.68. The van der Waals surface area contributed by atoms with Gasteiger partial charge in [-0.05, 0) is 51.4 Å². The van der Waals surface area contributed by atoms with E-state index in [-0.39, 0.29) is 62.3 Å². The van der Waals surface area contributed by atoms with Crippen LogP contribution < -0.4 is 10.6 Å². The number of carbonyl (C=O) groups is 5. The molecule has 0 aromatic heterocycles. The van der Waals surface area contributed by atoms with Crippen molar-refractivity contribution in [3.8, 4) is 0 Å².